The number of aromatic nitrogens is 4. The lowest BCUT2D eigenvalue weighted by Crippen LogP contribution is -2.40. The van der Waals surface area contributed by atoms with E-state index in [4.69, 9.17) is 0 Å². The molecule has 2 aromatic heterocycles. The number of rotatable bonds is 6. The van der Waals surface area contributed by atoms with Crippen LogP contribution in [0.4, 0.5) is 24.8 Å². The van der Waals surface area contributed by atoms with E-state index in [1.165, 1.54) is 18.7 Å². The molecule has 0 saturated carbocycles. The van der Waals surface area contributed by atoms with Crippen molar-refractivity contribution in [3.8, 4) is 11.1 Å². The summed E-state index contributed by atoms with van der Waals surface area (Å²) in [5.41, 5.74) is -0.0735. The SMILES string of the molecule is COC(=O)C(C)(O)Cn1cc(-c2cc(C)cc(Nc3nccc(C(F)(F)F)n3)c2)cn1. The Morgan fingerprint density at radius 3 is 2.68 bits per heavy atom. The van der Waals surface area contributed by atoms with Gasteiger partial charge in [0, 0.05) is 23.6 Å². The van der Waals surface area contributed by atoms with E-state index < -0.39 is 23.4 Å². The van der Waals surface area contributed by atoms with Crippen molar-refractivity contribution in [1.82, 2.24) is 19.7 Å². The highest BCUT2D eigenvalue weighted by atomic mass is 19.4. The lowest BCUT2D eigenvalue weighted by atomic mass is 10.1. The molecule has 0 aliphatic rings. The molecule has 11 heteroatoms. The Balaban J connectivity index is 1.84. The van der Waals surface area contributed by atoms with E-state index in [9.17, 15) is 23.1 Å². The topological polar surface area (TPSA) is 102 Å². The van der Waals surface area contributed by atoms with Crippen molar-refractivity contribution >= 4 is 17.6 Å². The number of esters is 1. The Morgan fingerprint density at radius 2 is 2.00 bits per heavy atom. The molecule has 1 unspecified atom stereocenters. The van der Waals surface area contributed by atoms with Crippen LogP contribution in [-0.4, -0.2) is 43.5 Å². The van der Waals surface area contributed by atoms with Gasteiger partial charge in [-0.3, -0.25) is 4.68 Å². The van der Waals surface area contributed by atoms with Crippen molar-refractivity contribution in [2.45, 2.75) is 32.2 Å². The molecular formula is C20H20F3N5O3. The third-order valence-electron chi connectivity index (χ3n) is 4.34. The first-order valence-electron chi connectivity index (χ1n) is 9.10. The van der Waals surface area contributed by atoms with Gasteiger partial charge in [-0.1, -0.05) is 6.07 Å². The average Bonchev–Trinajstić information content (AvgIpc) is 3.14. The maximum Gasteiger partial charge on any atom is 0.433 e. The minimum absolute atomic E-state index is 0.116. The van der Waals surface area contributed by atoms with Crippen molar-refractivity contribution in [2.24, 2.45) is 0 Å². The van der Waals surface area contributed by atoms with Crippen molar-refractivity contribution in [2.75, 3.05) is 12.4 Å². The molecule has 2 N–H and O–H groups in total. The summed E-state index contributed by atoms with van der Waals surface area (Å²) in [6.07, 6.45) is -0.355. The Kier molecular flexibility index (Phi) is 5.98. The third-order valence-corrected chi connectivity index (χ3v) is 4.34. The van der Waals surface area contributed by atoms with Gasteiger partial charge in [-0.15, -0.1) is 0 Å². The number of aliphatic hydroxyl groups is 1. The molecule has 0 saturated heterocycles. The normalized spacial score (nSPS) is 13.5. The average molecular weight is 435 g/mol. The first-order valence-corrected chi connectivity index (χ1v) is 9.10. The summed E-state index contributed by atoms with van der Waals surface area (Å²) in [7, 11) is 1.18. The second-order valence-corrected chi connectivity index (χ2v) is 7.17. The number of alkyl halides is 3. The maximum absolute atomic E-state index is 12.9. The number of methoxy groups -OCH3 is 1. The molecule has 1 aromatic carbocycles. The van der Waals surface area contributed by atoms with Crippen LogP contribution in [0.2, 0.25) is 0 Å². The maximum atomic E-state index is 12.9. The molecule has 31 heavy (non-hydrogen) atoms. The van der Waals surface area contributed by atoms with Gasteiger partial charge in [0.2, 0.25) is 5.95 Å². The minimum Gasteiger partial charge on any atom is -0.467 e. The predicted molar refractivity (Wildman–Crippen MR) is 105 cm³/mol. The number of benzene rings is 1. The highest BCUT2D eigenvalue weighted by molar-refractivity contribution is 5.78. The number of nitrogens with zero attached hydrogens (tertiary/aromatic N) is 4. The summed E-state index contributed by atoms with van der Waals surface area (Å²) in [6.45, 7) is 3.03. The number of halogens is 3. The van der Waals surface area contributed by atoms with Gasteiger partial charge in [-0.05, 0) is 43.2 Å². The van der Waals surface area contributed by atoms with Crippen molar-refractivity contribution in [3.05, 3.63) is 54.1 Å². The molecule has 2 heterocycles. The van der Waals surface area contributed by atoms with Crippen LogP contribution in [0.15, 0.2) is 42.9 Å². The molecule has 0 radical (unpaired) electrons. The van der Waals surface area contributed by atoms with E-state index in [1.807, 2.05) is 13.0 Å². The van der Waals surface area contributed by atoms with Gasteiger partial charge in [0.1, 0.15) is 5.69 Å². The van der Waals surface area contributed by atoms with Gasteiger partial charge in [-0.2, -0.15) is 18.3 Å². The number of carbonyl (C=O) groups excluding carboxylic acids is 1. The predicted octanol–water partition coefficient (Wildman–Crippen LogP) is 3.33. The van der Waals surface area contributed by atoms with E-state index in [-0.39, 0.29) is 12.5 Å². The van der Waals surface area contributed by atoms with Crippen LogP contribution in [0.1, 0.15) is 18.2 Å². The fourth-order valence-corrected chi connectivity index (χ4v) is 2.93. The molecule has 164 valence electrons. The molecule has 3 aromatic rings. The summed E-state index contributed by atoms with van der Waals surface area (Å²) in [5.74, 6) is -0.969. The Labute approximate surface area is 175 Å². The second kappa shape index (κ2) is 8.34. The van der Waals surface area contributed by atoms with Gasteiger partial charge in [0.15, 0.2) is 5.60 Å². The van der Waals surface area contributed by atoms with Gasteiger partial charge in [0.05, 0.1) is 19.9 Å². The number of hydrogen-bond donors (Lipinski definition) is 2. The molecule has 8 nitrogen and oxygen atoms in total. The van der Waals surface area contributed by atoms with Crippen LogP contribution < -0.4 is 5.32 Å². The summed E-state index contributed by atoms with van der Waals surface area (Å²) in [6, 6.07) is 6.10. The van der Waals surface area contributed by atoms with Crippen LogP contribution in [0, 0.1) is 6.92 Å². The lowest BCUT2D eigenvalue weighted by molar-refractivity contribution is -0.162. The van der Waals surface area contributed by atoms with E-state index in [0.717, 1.165) is 23.4 Å². The number of carbonyl (C=O) groups is 1. The largest absolute Gasteiger partial charge is 0.467 e. The number of ether oxygens (including phenoxy) is 1. The monoisotopic (exact) mass is 435 g/mol. The van der Waals surface area contributed by atoms with Crippen molar-refractivity contribution in [1.29, 1.82) is 0 Å². The fraction of sp³-hybridized carbons (Fsp3) is 0.300. The Bertz CT molecular complexity index is 1100. The van der Waals surface area contributed by atoms with E-state index in [0.29, 0.717) is 11.3 Å². The Morgan fingerprint density at radius 1 is 1.26 bits per heavy atom. The zero-order valence-corrected chi connectivity index (χ0v) is 16.9. The lowest BCUT2D eigenvalue weighted by Gasteiger charge is -2.19. The standard InChI is InChI=1S/C20H20F3N5O3/c1-12-6-13(14-9-25-28(10-14)11-19(2,30)17(29)31-3)8-15(7-12)26-18-24-5-4-16(27-18)20(21,22)23/h4-10,30H,11H2,1-3H3,(H,24,26,27). The molecule has 0 spiro atoms. The zero-order valence-electron chi connectivity index (χ0n) is 16.9. The molecule has 0 fully saturated rings. The number of nitrogens with one attached hydrogen (secondary N) is 1. The van der Waals surface area contributed by atoms with E-state index in [2.05, 4.69) is 25.1 Å². The zero-order chi connectivity index (χ0) is 22.8. The first-order chi connectivity index (χ1) is 14.5. The number of aryl methyl sites for hydroxylation is 1. The van der Waals surface area contributed by atoms with Crippen LogP contribution >= 0.6 is 0 Å². The molecule has 3 rings (SSSR count). The molecular weight excluding hydrogens is 415 g/mol. The summed E-state index contributed by atoms with van der Waals surface area (Å²) in [5, 5.41) is 17.1. The van der Waals surface area contributed by atoms with Crippen molar-refractivity contribution < 1.29 is 27.8 Å². The van der Waals surface area contributed by atoms with Gasteiger partial charge >= 0.3 is 12.1 Å². The van der Waals surface area contributed by atoms with Gasteiger partial charge in [0.25, 0.3) is 0 Å². The van der Waals surface area contributed by atoms with E-state index in [1.54, 1.807) is 24.5 Å². The van der Waals surface area contributed by atoms with Gasteiger partial charge in [-0.25, -0.2) is 14.8 Å². The van der Waals surface area contributed by atoms with Crippen LogP contribution in [0.25, 0.3) is 11.1 Å². The Hall–Kier alpha value is -3.47. The fourth-order valence-electron chi connectivity index (χ4n) is 2.93. The van der Waals surface area contributed by atoms with Crippen LogP contribution in [0.3, 0.4) is 0 Å². The summed E-state index contributed by atoms with van der Waals surface area (Å²) in [4.78, 5) is 19.0. The van der Waals surface area contributed by atoms with E-state index >= 15 is 0 Å². The molecule has 0 bridgehead atoms. The first kappa shape index (κ1) is 22.2. The second-order valence-electron chi connectivity index (χ2n) is 7.17. The number of anilines is 2. The molecule has 1 atom stereocenters. The smallest absolute Gasteiger partial charge is 0.433 e. The number of hydrogen-bond acceptors (Lipinski definition) is 7. The van der Waals surface area contributed by atoms with Gasteiger partial charge < -0.3 is 15.2 Å². The summed E-state index contributed by atoms with van der Waals surface area (Å²) >= 11 is 0. The molecule has 0 amide bonds. The third kappa shape index (κ3) is 5.37. The molecule has 0 aliphatic carbocycles. The van der Waals surface area contributed by atoms with Crippen molar-refractivity contribution in [3.63, 3.8) is 0 Å². The minimum atomic E-state index is -4.57. The van der Waals surface area contributed by atoms with Crippen LogP contribution in [0.5, 0.6) is 0 Å². The quantitative estimate of drug-likeness (QED) is 0.573. The summed E-state index contributed by atoms with van der Waals surface area (Å²) < 4.78 is 44.6. The van der Waals surface area contributed by atoms with Crippen LogP contribution in [-0.2, 0) is 22.3 Å². The highest BCUT2D eigenvalue weighted by Gasteiger charge is 2.33. The molecule has 0 aliphatic heterocycles. The highest BCUT2D eigenvalue weighted by Crippen LogP contribution is 2.29.